The van der Waals surface area contributed by atoms with Gasteiger partial charge in [0.05, 0.1) is 6.54 Å². The number of carbonyl (C=O) groups excluding carboxylic acids is 1. The molecule has 0 bridgehead atoms. The van der Waals surface area contributed by atoms with Crippen LogP contribution in [0.2, 0.25) is 0 Å². The first kappa shape index (κ1) is 20.8. The highest BCUT2D eigenvalue weighted by Gasteiger charge is 2.24. The molecule has 3 fully saturated rings. The van der Waals surface area contributed by atoms with Crippen LogP contribution in [0.15, 0.2) is 24.3 Å². The Balaban J connectivity index is 1.15. The molecule has 1 aromatic rings. The summed E-state index contributed by atoms with van der Waals surface area (Å²) in [5, 5.41) is 3.04. The summed E-state index contributed by atoms with van der Waals surface area (Å²) in [7, 11) is 0. The van der Waals surface area contributed by atoms with Crippen LogP contribution < -0.4 is 5.32 Å². The highest BCUT2D eigenvalue weighted by molar-refractivity contribution is 5.92. The van der Waals surface area contributed by atoms with Crippen molar-refractivity contribution in [2.75, 3.05) is 57.7 Å². The Kier molecular flexibility index (Phi) is 7.58. The zero-order valence-electron chi connectivity index (χ0n) is 18.0. The SMILES string of the molecule is O=C(CN1CCCC1)Nc1ccc(CCN2CCN(C3CCCCC3)CC2)cc1. The average Bonchev–Trinajstić information content (AvgIpc) is 3.27. The number of carbonyl (C=O) groups is 1. The summed E-state index contributed by atoms with van der Waals surface area (Å²) < 4.78 is 0. The lowest BCUT2D eigenvalue weighted by Gasteiger charge is -2.40. The van der Waals surface area contributed by atoms with Gasteiger partial charge in [-0.2, -0.15) is 0 Å². The third kappa shape index (κ3) is 6.27. The lowest BCUT2D eigenvalue weighted by Crippen LogP contribution is -2.51. The zero-order chi connectivity index (χ0) is 19.9. The van der Waals surface area contributed by atoms with Crippen molar-refractivity contribution in [1.29, 1.82) is 0 Å². The maximum Gasteiger partial charge on any atom is 0.238 e. The Morgan fingerprint density at radius 3 is 2.21 bits per heavy atom. The van der Waals surface area contributed by atoms with Crippen LogP contribution in [0.5, 0.6) is 0 Å². The molecule has 2 aliphatic heterocycles. The van der Waals surface area contributed by atoms with Gasteiger partial charge in [-0.3, -0.25) is 14.6 Å². The van der Waals surface area contributed by atoms with Crippen molar-refractivity contribution in [2.45, 2.75) is 57.4 Å². The van der Waals surface area contributed by atoms with E-state index in [-0.39, 0.29) is 5.91 Å². The molecule has 0 aromatic heterocycles. The molecule has 0 spiro atoms. The van der Waals surface area contributed by atoms with Crippen molar-refractivity contribution < 1.29 is 4.79 Å². The number of piperazine rings is 1. The van der Waals surface area contributed by atoms with E-state index in [0.717, 1.165) is 37.8 Å². The molecule has 0 unspecified atom stereocenters. The summed E-state index contributed by atoms with van der Waals surface area (Å²) in [4.78, 5) is 19.8. The molecule has 160 valence electrons. The minimum atomic E-state index is 0.107. The van der Waals surface area contributed by atoms with Crippen LogP contribution in [-0.4, -0.2) is 79.0 Å². The van der Waals surface area contributed by atoms with Crippen molar-refractivity contribution in [2.24, 2.45) is 0 Å². The fourth-order valence-corrected chi connectivity index (χ4v) is 5.18. The van der Waals surface area contributed by atoms with E-state index < -0.39 is 0 Å². The number of rotatable bonds is 7. The first-order valence-corrected chi connectivity index (χ1v) is 11.8. The molecule has 4 rings (SSSR count). The van der Waals surface area contributed by atoms with Crippen LogP contribution in [0, 0.1) is 0 Å². The first-order chi connectivity index (χ1) is 14.3. The highest BCUT2D eigenvalue weighted by Crippen LogP contribution is 2.23. The topological polar surface area (TPSA) is 38.8 Å². The van der Waals surface area contributed by atoms with E-state index >= 15 is 0 Å². The number of benzene rings is 1. The van der Waals surface area contributed by atoms with Gasteiger partial charge >= 0.3 is 0 Å². The van der Waals surface area contributed by atoms with Crippen LogP contribution in [0.1, 0.15) is 50.5 Å². The Morgan fingerprint density at radius 2 is 1.52 bits per heavy atom. The molecule has 2 heterocycles. The first-order valence-electron chi connectivity index (χ1n) is 11.8. The van der Waals surface area contributed by atoms with Gasteiger partial charge in [-0.25, -0.2) is 0 Å². The van der Waals surface area contributed by atoms with Gasteiger partial charge in [0.2, 0.25) is 5.91 Å². The second-order valence-electron chi connectivity index (χ2n) is 9.15. The second-order valence-corrected chi connectivity index (χ2v) is 9.15. The zero-order valence-corrected chi connectivity index (χ0v) is 18.0. The molecule has 0 radical (unpaired) electrons. The van der Waals surface area contributed by atoms with Gasteiger partial charge in [0.15, 0.2) is 0 Å². The van der Waals surface area contributed by atoms with Crippen molar-refractivity contribution in [3.05, 3.63) is 29.8 Å². The predicted octanol–water partition coefficient (Wildman–Crippen LogP) is 3.21. The van der Waals surface area contributed by atoms with Crippen LogP contribution in [-0.2, 0) is 11.2 Å². The highest BCUT2D eigenvalue weighted by atomic mass is 16.2. The molecular formula is C24H38N4O. The smallest absolute Gasteiger partial charge is 0.238 e. The van der Waals surface area contributed by atoms with E-state index in [0.29, 0.717) is 6.54 Å². The molecule has 1 saturated carbocycles. The minimum Gasteiger partial charge on any atom is -0.325 e. The van der Waals surface area contributed by atoms with Gasteiger partial charge in [-0.15, -0.1) is 0 Å². The second kappa shape index (κ2) is 10.6. The third-order valence-electron chi connectivity index (χ3n) is 7.02. The Hall–Kier alpha value is -1.43. The molecule has 1 aliphatic carbocycles. The number of anilines is 1. The van der Waals surface area contributed by atoms with E-state index in [1.54, 1.807) is 0 Å². The molecule has 1 N–H and O–H groups in total. The molecule has 0 atom stereocenters. The number of hydrogen-bond donors (Lipinski definition) is 1. The lowest BCUT2D eigenvalue weighted by molar-refractivity contribution is -0.117. The Labute approximate surface area is 176 Å². The quantitative estimate of drug-likeness (QED) is 0.765. The molecule has 5 nitrogen and oxygen atoms in total. The largest absolute Gasteiger partial charge is 0.325 e. The van der Waals surface area contributed by atoms with E-state index in [1.165, 1.54) is 76.7 Å². The number of hydrogen-bond acceptors (Lipinski definition) is 4. The van der Waals surface area contributed by atoms with Gasteiger partial charge < -0.3 is 10.2 Å². The normalized spacial score (nSPS) is 22.8. The molecule has 3 aliphatic rings. The van der Waals surface area contributed by atoms with Crippen molar-refractivity contribution in [3.63, 3.8) is 0 Å². The van der Waals surface area contributed by atoms with Crippen LogP contribution in [0.25, 0.3) is 0 Å². The number of likely N-dealkylation sites (tertiary alicyclic amines) is 1. The molecule has 1 amide bonds. The van der Waals surface area contributed by atoms with Crippen LogP contribution >= 0.6 is 0 Å². The fourth-order valence-electron chi connectivity index (χ4n) is 5.18. The third-order valence-corrected chi connectivity index (χ3v) is 7.02. The fraction of sp³-hybridized carbons (Fsp3) is 0.708. The molecule has 2 saturated heterocycles. The summed E-state index contributed by atoms with van der Waals surface area (Å²) in [6.45, 7) is 8.68. The summed E-state index contributed by atoms with van der Waals surface area (Å²) in [5.74, 6) is 0.107. The molecule has 1 aromatic carbocycles. The van der Waals surface area contributed by atoms with E-state index in [1.807, 2.05) is 0 Å². The van der Waals surface area contributed by atoms with Crippen LogP contribution in [0.3, 0.4) is 0 Å². The van der Waals surface area contributed by atoms with E-state index in [2.05, 4.69) is 44.3 Å². The monoisotopic (exact) mass is 398 g/mol. The summed E-state index contributed by atoms with van der Waals surface area (Å²) >= 11 is 0. The lowest BCUT2D eigenvalue weighted by atomic mass is 9.94. The molecule has 5 heteroatoms. The van der Waals surface area contributed by atoms with Gasteiger partial charge in [-0.05, 0) is 62.9 Å². The Bertz CT molecular complexity index is 627. The van der Waals surface area contributed by atoms with E-state index in [9.17, 15) is 4.79 Å². The summed E-state index contributed by atoms with van der Waals surface area (Å²) in [6.07, 6.45) is 10.7. The Morgan fingerprint density at radius 1 is 0.828 bits per heavy atom. The number of nitrogens with one attached hydrogen (secondary N) is 1. The maximum absolute atomic E-state index is 12.2. The average molecular weight is 399 g/mol. The van der Waals surface area contributed by atoms with E-state index in [4.69, 9.17) is 0 Å². The van der Waals surface area contributed by atoms with Gasteiger partial charge in [-0.1, -0.05) is 31.4 Å². The van der Waals surface area contributed by atoms with Crippen molar-refractivity contribution in [1.82, 2.24) is 14.7 Å². The van der Waals surface area contributed by atoms with Crippen LogP contribution in [0.4, 0.5) is 5.69 Å². The molecule has 29 heavy (non-hydrogen) atoms. The number of nitrogens with zero attached hydrogens (tertiary/aromatic N) is 3. The van der Waals surface area contributed by atoms with Crippen molar-refractivity contribution in [3.8, 4) is 0 Å². The number of amides is 1. The van der Waals surface area contributed by atoms with Gasteiger partial charge in [0, 0.05) is 44.5 Å². The minimum absolute atomic E-state index is 0.107. The predicted molar refractivity (Wildman–Crippen MR) is 119 cm³/mol. The summed E-state index contributed by atoms with van der Waals surface area (Å²) in [6, 6.07) is 9.31. The maximum atomic E-state index is 12.2. The van der Waals surface area contributed by atoms with Gasteiger partial charge in [0.1, 0.15) is 0 Å². The molecular weight excluding hydrogens is 360 g/mol. The standard InChI is InChI=1S/C24H38N4O/c29-24(20-27-13-4-5-14-27)25-22-10-8-21(9-11-22)12-15-26-16-18-28(19-17-26)23-6-2-1-3-7-23/h8-11,23H,1-7,12-20H2,(H,25,29). The van der Waals surface area contributed by atoms with Gasteiger partial charge in [0.25, 0.3) is 0 Å². The van der Waals surface area contributed by atoms with Crippen molar-refractivity contribution >= 4 is 11.6 Å². The summed E-state index contributed by atoms with van der Waals surface area (Å²) in [5.41, 5.74) is 2.27.